The van der Waals surface area contributed by atoms with E-state index < -0.39 is 11.7 Å². The van der Waals surface area contributed by atoms with Crippen molar-refractivity contribution < 1.29 is 18.0 Å². The lowest BCUT2D eigenvalue weighted by Crippen LogP contribution is -2.38. The van der Waals surface area contributed by atoms with Gasteiger partial charge in [-0.1, -0.05) is 6.07 Å². The number of alkyl halides is 3. The van der Waals surface area contributed by atoms with Gasteiger partial charge in [0, 0.05) is 35.7 Å². The average Bonchev–Trinajstić information content (AvgIpc) is 3.36. The highest BCUT2D eigenvalue weighted by molar-refractivity contribution is 5.99. The summed E-state index contributed by atoms with van der Waals surface area (Å²) in [4.78, 5) is 19.1. The molecule has 2 aromatic heterocycles. The van der Waals surface area contributed by atoms with Gasteiger partial charge in [-0.15, -0.1) is 0 Å². The van der Waals surface area contributed by atoms with Crippen LogP contribution in [0.5, 0.6) is 0 Å². The van der Waals surface area contributed by atoms with Crippen LogP contribution in [0.3, 0.4) is 0 Å². The van der Waals surface area contributed by atoms with Crippen molar-refractivity contribution in [2.45, 2.75) is 38.9 Å². The van der Waals surface area contributed by atoms with Crippen LogP contribution in [0.2, 0.25) is 0 Å². The van der Waals surface area contributed by atoms with E-state index in [2.05, 4.69) is 15.0 Å². The van der Waals surface area contributed by atoms with Crippen molar-refractivity contribution in [2.24, 2.45) is 0 Å². The summed E-state index contributed by atoms with van der Waals surface area (Å²) in [5, 5.41) is 4.19. The highest BCUT2D eigenvalue weighted by Crippen LogP contribution is 2.31. The van der Waals surface area contributed by atoms with Gasteiger partial charge in [-0.2, -0.15) is 18.3 Å². The molecule has 0 amide bonds. The number of hydrogen-bond donors (Lipinski definition) is 0. The van der Waals surface area contributed by atoms with Gasteiger partial charge in [-0.25, -0.2) is 9.67 Å². The molecular formula is C22H24F3N5O. The van der Waals surface area contributed by atoms with Crippen LogP contribution in [0.25, 0.3) is 5.69 Å². The van der Waals surface area contributed by atoms with Crippen LogP contribution < -0.4 is 0 Å². The van der Waals surface area contributed by atoms with Crippen LogP contribution in [0, 0.1) is 13.8 Å². The van der Waals surface area contributed by atoms with Crippen molar-refractivity contribution in [3.05, 3.63) is 65.5 Å². The van der Waals surface area contributed by atoms with E-state index in [0.29, 0.717) is 23.0 Å². The predicted molar refractivity (Wildman–Crippen MR) is 109 cm³/mol. The molecule has 164 valence electrons. The summed E-state index contributed by atoms with van der Waals surface area (Å²) >= 11 is 0. The summed E-state index contributed by atoms with van der Waals surface area (Å²) < 4.78 is 42.9. The number of piperidine rings is 1. The molecule has 0 radical (unpaired) electrons. The van der Waals surface area contributed by atoms with Crippen LogP contribution in [0.15, 0.2) is 43.0 Å². The molecule has 3 aromatic rings. The van der Waals surface area contributed by atoms with Crippen molar-refractivity contribution in [1.82, 2.24) is 24.2 Å². The molecule has 0 saturated carbocycles. The molecule has 0 bridgehead atoms. The lowest BCUT2D eigenvalue weighted by atomic mass is 10.0. The molecule has 1 fully saturated rings. The van der Waals surface area contributed by atoms with E-state index in [1.165, 1.54) is 12.4 Å². The van der Waals surface area contributed by atoms with Gasteiger partial charge in [-0.05, 0) is 51.0 Å². The quantitative estimate of drug-likeness (QED) is 0.568. The Morgan fingerprint density at radius 3 is 2.55 bits per heavy atom. The normalized spacial score (nSPS) is 16.0. The second-order valence-corrected chi connectivity index (χ2v) is 7.97. The molecule has 1 aromatic carbocycles. The van der Waals surface area contributed by atoms with Crippen molar-refractivity contribution in [3.8, 4) is 5.69 Å². The number of Topliss-reactive ketones (excluding diaryl/α,β-unsaturated/α-hetero) is 1. The molecule has 1 aliphatic rings. The third-order valence-electron chi connectivity index (χ3n) is 5.90. The molecular weight excluding hydrogens is 407 g/mol. The fraction of sp³-hybridized carbons (Fsp3) is 0.409. The Morgan fingerprint density at radius 2 is 1.90 bits per heavy atom. The van der Waals surface area contributed by atoms with E-state index in [1.54, 1.807) is 36.9 Å². The minimum absolute atomic E-state index is 0.0227. The Balaban J connectivity index is 1.48. The number of halogens is 3. The smallest absolute Gasteiger partial charge is 0.318 e. The van der Waals surface area contributed by atoms with Crippen LogP contribution in [0.1, 0.15) is 46.2 Å². The number of aryl methyl sites for hydroxylation is 1. The summed E-state index contributed by atoms with van der Waals surface area (Å²) in [6.07, 6.45) is 0.603. The Bertz CT molecular complexity index is 1060. The molecule has 1 aliphatic heterocycles. The summed E-state index contributed by atoms with van der Waals surface area (Å²) in [6, 6.07) is 7.23. The molecule has 9 heteroatoms. The molecule has 6 nitrogen and oxygen atoms in total. The van der Waals surface area contributed by atoms with Crippen molar-refractivity contribution in [1.29, 1.82) is 0 Å². The zero-order valence-electron chi connectivity index (χ0n) is 17.4. The minimum atomic E-state index is -4.41. The summed E-state index contributed by atoms with van der Waals surface area (Å²) in [5.74, 6) is -0.0227. The van der Waals surface area contributed by atoms with E-state index in [-0.39, 0.29) is 12.3 Å². The van der Waals surface area contributed by atoms with E-state index in [0.717, 1.165) is 43.8 Å². The van der Waals surface area contributed by atoms with Gasteiger partial charge in [0.1, 0.15) is 12.7 Å². The minimum Gasteiger partial charge on any atom is -0.318 e. The standard InChI is InChI=1S/C22H24F3N5O/c1-15-10-20(16(2)30(15)19-5-3-4-17(11-19)22(23,24)25)21(31)12-28-8-6-18(7-9-28)29-14-26-13-27-29/h3-5,10-11,13-14,18H,6-9,12H2,1-2H3. The van der Waals surface area contributed by atoms with Gasteiger partial charge >= 0.3 is 6.18 Å². The van der Waals surface area contributed by atoms with Gasteiger partial charge in [-0.3, -0.25) is 9.69 Å². The van der Waals surface area contributed by atoms with Crippen LogP contribution >= 0.6 is 0 Å². The van der Waals surface area contributed by atoms with Crippen molar-refractivity contribution in [2.75, 3.05) is 19.6 Å². The highest BCUT2D eigenvalue weighted by Gasteiger charge is 2.31. The number of hydrogen-bond acceptors (Lipinski definition) is 4. The van der Waals surface area contributed by atoms with Gasteiger partial charge in [0.25, 0.3) is 0 Å². The molecule has 0 unspecified atom stereocenters. The summed E-state index contributed by atoms with van der Waals surface area (Å²) in [6.45, 7) is 5.42. The van der Waals surface area contributed by atoms with E-state index in [1.807, 2.05) is 4.68 Å². The molecule has 0 spiro atoms. The molecule has 4 rings (SSSR count). The number of nitrogens with zero attached hydrogens (tertiary/aromatic N) is 5. The third kappa shape index (κ3) is 4.41. The lowest BCUT2D eigenvalue weighted by molar-refractivity contribution is -0.137. The SMILES string of the molecule is Cc1cc(C(=O)CN2CCC(n3cncn3)CC2)c(C)n1-c1cccc(C(F)(F)F)c1. The Hall–Kier alpha value is -2.94. The van der Waals surface area contributed by atoms with Crippen LogP contribution in [0.4, 0.5) is 13.2 Å². The zero-order valence-corrected chi connectivity index (χ0v) is 17.4. The Kier molecular flexibility index (Phi) is 5.70. The molecule has 3 heterocycles. The van der Waals surface area contributed by atoms with Gasteiger partial charge in [0.05, 0.1) is 18.2 Å². The van der Waals surface area contributed by atoms with Gasteiger partial charge in [0.15, 0.2) is 5.78 Å². The topological polar surface area (TPSA) is 56.0 Å². The maximum atomic E-state index is 13.1. The van der Waals surface area contributed by atoms with E-state index in [9.17, 15) is 18.0 Å². The first kappa shape index (κ1) is 21.3. The lowest BCUT2D eigenvalue weighted by Gasteiger charge is -2.31. The van der Waals surface area contributed by atoms with Crippen molar-refractivity contribution in [3.63, 3.8) is 0 Å². The predicted octanol–water partition coefficient (Wildman–Crippen LogP) is 4.22. The van der Waals surface area contributed by atoms with E-state index >= 15 is 0 Å². The number of carbonyl (C=O) groups excluding carboxylic acids is 1. The number of likely N-dealkylation sites (tertiary alicyclic amines) is 1. The number of rotatable bonds is 5. The third-order valence-corrected chi connectivity index (χ3v) is 5.90. The molecule has 1 saturated heterocycles. The molecule has 31 heavy (non-hydrogen) atoms. The number of carbonyl (C=O) groups is 1. The monoisotopic (exact) mass is 431 g/mol. The molecule has 0 aliphatic carbocycles. The summed E-state index contributed by atoms with van der Waals surface area (Å²) in [7, 11) is 0. The van der Waals surface area contributed by atoms with Crippen LogP contribution in [-0.4, -0.2) is 49.6 Å². The van der Waals surface area contributed by atoms with Gasteiger partial charge in [0.2, 0.25) is 0 Å². The molecule has 0 N–H and O–H groups in total. The maximum Gasteiger partial charge on any atom is 0.416 e. The van der Waals surface area contributed by atoms with Crippen molar-refractivity contribution >= 4 is 5.78 Å². The first-order valence-corrected chi connectivity index (χ1v) is 10.2. The average molecular weight is 431 g/mol. The maximum absolute atomic E-state index is 13.1. The number of benzene rings is 1. The fourth-order valence-electron chi connectivity index (χ4n) is 4.30. The number of aromatic nitrogens is 4. The Morgan fingerprint density at radius 1 is 1.16 bits per heavy atom. The number of ketones is 1. The fourth-order valence-corrected chi connectivity index (χ4v) is 4.30. The largest absolute Gasteiger partial charge is 0.416 e. The second kappa shape index (κ2) is 8.30. The first-order chi connectivity index (χ1) is 14.7. The second-order valence-electron chi connectivity index (χ2n) is 7.97. The highest BCUT2D eigenvalue weighted by atomic mass is 19.4. The van der Waals surface area contributed by atoms with Crippen LogP contribution in [-0.2, 0) is 6.18 Å². The first-order valence-electron chi connectivity index (χ1n) is 10.2. The Labute approximate surface area is 178 Å². The summed E-state index contributed by atoms with van der Waals surface area (Å²) in [5.41, 5.74) is 1.62. The zero-order chi connectivity index (χ0) is 22.2. The van der Waals surface area contributed by atoms with Gasteiger partial charge < -0.3 is 4.57 Å². The molecule has 0 atom stereocenters. The van der Waals surface area contributed by atoms with E-state index in [4.69, 9.17) is 0 Å².